The average molecular weight is 579 g/mol. The summed E-state index contributed by atoms with van der Waals surface area (Å²) in [4.78, 5) is 58.4. The number of cyclic esters (lactones) is 1. The van der Waals surface area contributed by atoms with E-state index in [0.717, 1.165) is 10.4 Å². The summed E-state index contributed by atoms with van der Waals surface area (Å²) in [7, 11) is 0. The number of amides is 2. The minimum absolute atomic E-state index is 0.0343. The zero-order valence-electron chi connectivity index (χ0n) is 24.6. The molecule has 2 amide bonds. The maximum atomic E-state index is 14.2. The zero-order valence-corrected chi connectivity index (χ0v) is 24.6. The van der Waals surface area contributed by atoms with Crippen molar-refractivity contribution in [3.05, 3.63) is 63.4 Å². The molecule has 42 heavy (non-hydrogen) atoms. The summed E-state index contributed by atoms with van der Waals surface area (Å²) < 4.78 is 17.6. The van der Waals surface area contributed by atoms with E-state index in [1.165, 1.54) is 10.6 Å². The van der Waals surface area contributed by atoms with Crippen LogP contribution in [0.3, 0.4) is 0 Å². The SMILES string of the molecule is CC[C@@]1(O)C(=O)OCc2c1cc1n(c2=O)C(N(NC(=O)OC(C)(C)C)C(=O)OC(C)(C)C)c2cc3ccccc3nc2-1. The third kappa shape index (κ3) is 4.95. The molecule has 222 valence electrons. The molecule has 2 aromatic heterocycles. The minimum atomic E-state index is -2.04. The summed E-state index contributed by atoms with van der Waals surface area (Å²) in [5.74, 6) is -0.856. The average Bonchev–Trinajstić information content (AvgIpc) is 3.19. The molecule has 0 saturated heterocycles. The number of esters is 1. The molecule has 0 saturated carbocycles. The summed E-state index contributed by atoms with van der Waals surface area (Å²) >= 11 is 0. The molecule has 1 aromatic carbocycles. The largest absolute Gasteiger partial charge is 0.458 e. The normalized spacial score (nSPS) is 19.3. The highest BCUT2D eigenvalue weighted by Crippen LogP contribution is 2.43. The van der Waals surface area contributed by atoms with Crippen LogP contribution < -0.4 is 11.0 Å². The lowest BCUT2D eigenvalue weighted by Crippen LogP contribution is -2.54. The standard InChI is InChI=1S/C30H34N4O8/c1-8-30(39)19-14-21-22-17(13-16-11-9-10-12-20(16)31-22)23(33(21)24(35)18(19)15-40-25(30)36)34(27(38)42-29(5,6)7)32-26(37)41-28(2,3)4/h9-14,23,39H,8,15H2,1-7H3,(H,32,37)/t23?,30-/m0/s1. The van der Waals surface area contributed by atoms with Gasteiger partial charge in [-0.3, -0.25) is 9.36 Å². The molecular formula is C30H34N4O8. The number of hydrazine groups is 1. The highest BCUT2D eigenvalue weighted by molar-refractivity contribution is 5.87. The van der Waals surface area contributed by atoms with Crippen molar-refractivity contribution in [3.63, 3.8) is 0 Å². The van der Waals surface area contributed by atoms with Crippen LogP contribution in [0.5, 0.6) is 0 Å². The van der Waals surface area contributed by atoms with Gasteiger partial charge in [0.1, 0.15) is 17.8 Å². The van der Waals surface area contributed by atoms with Crippen molar-refractivity contribution in [2.75, 3.05) is 0 Å². The third-order valence-corrected chi connectivity index (χ3v) is 6.95. The molecule has 2 N–H and O–H groups in total. The first kappa shape index (κ1) is 29.1. The lowest BCUT2D eigenvalue weighted by atomic mass is 9.86. The van der Waals surface area contributed by atoms with Gasteiger partial charge in [0, 0.05) is 16.5 Å². The van der Waals surface area contributed by atoms with E-state index in [-0.39, 0.29) is 29.8 Å². The molecular weight excluding hydrogens is 544 g/mol. The first-order valence-electron chi connectivity index (χ1n) is 13.6. The number of ether oxygens (including phenoxy) is 3. The number of benzene rings is 1. The number of hydrogen-bond donors (Lipinski definition) is 2. The Morgan fingerprint density at radius 1 is 1.12 bits per heavy atom. The van der Waals surface area contributed by atoms with Gasteiger partial charge in [0.25, 0.3) is 5.56 Å². The molecule has 0 bridgehead atoms. The third-order valence-electron chi connectivity index (χ3n) is 6.95. The summed E-state index contributed by atoms with van der Waals surface area (Å²) in [6.45, 7) is 11.3. The monoisotopic (exact) mass is 578 g/mol. The van der Waals surface area contributed by atoms with Crippen molar-refractivity contribution in [3.8, 4) is 11.4 Å². The predicted molar refractivity (Wildman–Crippen MR) is 151 cm³/mol. The molecule has 0 radical (unpaired) electrons. The van der Waals surface area contributed by atoms with Crippen LogP contribution in [0.2, 0.25) is 0 Å². The van der Waals surface area contributed by atoms with Crippen LogP contribution in [-0.2, 0) is 31.2 Å². The van der Waals surface area contributed by atoms with E-state index >= 15 is 0 Å². The fourth-order valence-corrected chi connectivity index (χ4v) is 5.14. The second-order valence-corrected chi connectivity index (χ2v) is 12.3. The van der Waals surface area contributed by atoms with Gasteiger partial charge >= 0.3 is 18.2 Å². The Balaban J connectivity index is 1.79. The predicted octanol–water partition coefficient (Wildman–Crippen LogP) is 4.26. The number of nitrogens with one attached hydrogen (secondary N) is 1. The second-order valence-electron chi connectivity index (χ2n) is 12.3. The van der Waals surface area contributed by atoms with Crippen LogP contribution in [0.4, 0.5) is 9.59 Å². The molecule has 2 atom stereocenters. The molecule has 2 aliphatic rings. The maximum absolute atomic E-state index is 14.2. The minimum Gasteiger partial charge on any atom is -0.458 e. The van der Waals surface area contributed by atoms with E-state index in [2.05, 4.69) is 5.43 Å². The van der Waals surface area contributed by atoms with Gasteiger partial charge in [-0.15, -0.1) is 0 Å². The van der Waals surface area contributed by atoms with Gasteiger partial charge in [-0.2, -0.15) is 5.01 Å². The Labute approximate surface area is 242 Å². The number of carbonyl (C=O) groups is 3. The number of hydrogen-bond acceptors (Lipinski definition) is 9. The van der Waals surface area contributed by atoms with E-state index in [9.17, 15) is 24.3 Å². The van der Waals surface area contributed by atoms with Crippen molar-refractivity contribution >= 4 is 29.1 Å². The van der Waals surface area contributed by atoms with Crippen molar-refractivity contribution in [2.24, 2.45) is 0 Å². The Morgan fingerprint density at radius 3 is 2.43 bits per heavy atom. The molecule has 12 nitrogen and oxygen atoms in total. The number of carbonyl (C=O) groups excluding carboxylic acids is 3. The van der Waals surface area contributed by atoms with Crippen LogP contribution in [0.25, 0.3) is 22.3 Å². The van der Waals surface area contributed by atoms with Crippen molar-refractivity contribution in [2.45, 2.75) is 84.5 Å². The van der Waals surface area contributed by atoms with E-state index in [4.69, 9.17) is 19.2 Å². The zero-order chi connectivity index (χ0) is 30.8. The lowest BCUT2D eigenvalue weighted by Gasteiger charge is -2.35. The number of aliphatic hydroxyl groups is 1. The van der Waals surface area contributed by atoms with E-state index in [0.29, 0.717) is 16.8 Å². The quantitative estimate of drug-likeness (QED) is 0.258. The summed E-state index contributed by atoms with van der Waals surface area (Å²) in [5, 5.41) is 12.9. The highest BCUT2D eigenvalue weighted by Gasteiger charge is 2.48. The number of pyridine rings is 2. The lowest BCUT2D eigenvalue weighted by molar-refractivity contribution is -0.172. The maximum Gasteiger partial charge on any atom is 0.431 e. The van der Waals surface area contributed by atoms with Crippen molar-refractivity contribution < 1.29 is 33.7 Å². The fourth-order valence-electron chi connectivity index (χ4n) is 5.14. The first-order chi connectivity index (χ1) is 19.5. The Bertz CT molecular complexity index is 1680. The van der Waals surface area contributed by atoms with Gasteiger partial charge in [0.2, 0.25) is 0 Å². The van der Waals surface area contributed by atoms with Crippen LogP contribution in [0.1, 0.15) is 77.7 Å². The van der Waals surface area contributed by atoms with E-state index < -0.39 is 46.7 Å². The molecule has 0 aliphatic carbocycles. The number of para-hydroxylation sites is 1. The molecule has 3 aromatic rings. The summed E-state index contributed by atoms with van der Waals surface area (Å²) in [6, 6.07) is 10.6. The molecule has 5 rings (SSSR count). The van der Waals surface area contributed by atoms with Gasteiger partial charge in [-0.25, -0.2) is 24.8 Å². The molecule has 0 spiro atoms. The Morgan fingerprint density at radius 2 is 1.79 bits per heavy atom. The van der Waals surface area contributed by atoms with Crippen LogP contribution in [0.15, 0.2) is 41.2 Å². The molecule has 2 aliphatic heterocycles. The van der Waals surface area contributed by atoms with Gasteiger partial charge in [-0.05, 0) is 66.2 Å². The summed E-state index contributed by atoms with van der Waals surface area (Å²) in [6.07, 6.45) is -3.20. The Kier molecular flexibility index (Phi) is 6.80. The van der Waals surface area contributed by atoms with Gasteiger partial charge in [0.15, 0.2) is 11.8 Å². The van der Waals surface area contributed by atoms with Crippen LogP contribution >= 0.6 is 0 Å². The first-order valence-corrected chi connectivity index (χ1v) is 13.6. The number of fused-ring (bicyclic) bond motifs is 5. The molecule has 4 heterocycles. The molecule has 0 fully saturated rings. The fraction of sp³-hybridized carbons (Fsp3) is 0.433. The van der Waals surface area contributed by atoms with Gasteiger partial charge < -0.3 is 19.3 Å². The molecule has 1 unspecified atom stereocenters. The summed E-state index contributed by atoms with van der Waals surface area (Å²) in [5.41, 5.74) is -0.287. The van der Waals surface area contributed by atoms with E-state index in [1.807, 2.05) is 18.2 Å². The van der Waals surface area contributed by atoms with Gasteiger partial charge in [0.05, 0.1) is 22.5 Å². The topological polar surface area (TPSA) is 149 Å². The number of rotatable bonds is 2. The molecule has 12 heteroatoms. The van der Waals surface area contributed by atoms with Gasteiger partial charge in [-0.1, -0.05) is 25.1 Å². The van der Waals surface area contributed by atoms with Crippen molar-refractivity contribution in [1.29, 1.82) is 0 Å². The van der Waals surface area contributed by atoms with Crippen LogP contribution in [0, 0.1) is 0 Å². The number of nitrogens with zero attached hydrogens (tertiary/aromatic N) is 3. The number of aromatic nitrogens is 2. The van der Waals surface area contributed by atoms with E-state index in [1.54, 1.807) is 60.6 Å². The Hall–Kier alpha value is -4.45. The highest BCUT2D eigenvalue weighted by atomic mass is 16.6. The van der Waals surface area contributed by atoms with Crippen LogP contribution in [-0.4, -0.2) is 49.0 Å². The van der Waals surface area contributed by atoms with Crippen molar-refractivity contribution in [1.82, 2.24) is 20.0 Å². The second kappa shape index (κ2) is 9.83. The smallest absolute Gasteiger partial charge is 0.431 e.